The van der Waals surface area contributed by atoms with Crippen LogP contribution >= 0.6 is 0 Å². The molecule has 1 aliphatic rings. The molecule has 2 aromatic rings. The molecule has 25 heavy (non-hydrogen) atoms. The van der Waals surface area contributed by atoms with Crippen molar-refractivity contribution in [2.24, 2.45) is 5.92 Å². The Bertz CT molecular complexity index is 879. The first-order valence-corrected chi connectivity index (χ1v) is 9.33. The molecule has 3 N–H and O–H groups in total. The lowest BCUT2D eigenvalue weighted by Crippen LogP contribution is -2.47. The maximum Gasteiger partial charge on any atom is 0.307 e. The van der Waals surface area contributed by atoms with Gasteiger partial charge in [-0.3, -0.25) is 4.79 Å². The quantitative estimate of drug-likeness (QED) is 0.689. The number of rotatable bonds is 6. The largest absolute Gasteiger partial charge is 0.497 e. The zero-order chi connectivity index (χ0) is 18.0. The van der Waals surface area contributed by atoms with Crippen molar-refractivity contribution in [2.75, 3.05) is 20.2 Å². The van der Waals surface area contributed by atoms with Crippen molar-refractivity contribution in [1.29, 1.82) is 0 Å². The fraction of sp³-hybridized carbons (Fsp3) is 0.467. The maximum atomic E-state index is 12.4. The van der Waals surface area contributed by atoms with Crippen molar-refractivity contribution in [3.8, 4) is 5.75 Å². The van der Waals surface area contributed by atoms with Gasteiger partial charge in [0.25, 0.3) is 10.2 Å². The molecule has 1 aromatic carbocycles. The Morgan fingerprint density at radius 1 is 1.52 bits per heavy atom. The van der Waals surface area contributed by atoms with Gasteiger partial charge in [0.1, 0.15) is 11.6 Å². The summed E-state index contributed by atoms with van der Waals surface area (Å²) in [6, 6.07) is 5.34. The number of carboxylic acid groups (broad SMARTS) is 1. The summed E-state index contributed by atoms with van der Waals surface area (Å²) in [5.41, 5.74) is 1.45. The number of hydrogen-bond acceptors (Lipinski definition) is 5. The van der Waals surface area contributed by atoms with Crippen LogP contribution in [0.5, 0.6) is 5.75 Å². The first-order chi connectivity index (χ1) is 11.9. The summed E-state index contributed by atoms with van der Waals surface area (Å²) in [6.45, 7) is 0.298. The fourth-order valence-electron chi connectivity index (χ4n) is 2.87. The van der Waals surface area contributed by atoms with Crippen molar-refractivity contribution < 1.29 is 23.1 Å². The van der Waals surface area contributed by atoms with Crippen LogP contribution in [0.1, 0.15) is 18.7 Å². The predicted octanol–water partition coefficient (Wildman–Crippen LogP) is 0.702. The number of aliphatic carboxylic acids is 1. The van der Waals surface area contributed by atoms with Gasteiger partial charge >= 0.3 is 5.97 Å². The standard InChI is InChI=1S/C15H20N4O5S/c1-24-11-4-5-12-13(7-11)18-14(17-12)8-16-25(22,23)19-6-2-3-10(9-19)15(20)21/h4-5,7,10,16H,2-3,6,8-9H2,1H3,(H,17,18)(H,20,21)/t10-/m1/s1. The molecule has 9 nitrogen and oxygen atoms in total. The Kier molecular flexibility index (Phi) is 4.93. The predicted molar refractivity (Wildman–Crippen MR) is 90.3 cm³/mol. The van der Waals surface area contributed by atoms with Crippen molar-refractivity contribution in [3.63, 3.8) is 0 Å². The highest BCUT2D eigenvalue weighted by Crippen LogP contribution is 2.20. The molecule has 1 fully saturated rings. The van der Waals surface area contributed by atoms with E-state index in [0.717, 1.165) is 5.52 Å². The highest BCUT2D eigenvalue weighted by molar-refractivity contribution is 7.87. The van der Waals surface area contributed by atoms with Crippen LogP contribution < -0.4 is 9.46 Å². The molecule has 136 valence electrons. The van der Waals surface area contributed by atoms with Gasteiger partial charge in [-0.05, 0) is 25.0 Å². The first kappa shape index (κ1) is 17.6. The summed E-state index contributed by atoms with van der Waals surface area (Å²) in [6.07, 6.45) is 1.02. The molecule has 3 rings (SSSR count). The molecule has 10 heteroatoms. The van der Waals surface area contributed by atoms with Gasteiger partial charge < -0.3 is 14.8 Å². The number of H-pyrrole nitrogens is 1. The lowest BCUT2D eigenvalue weighted by molar-refractivity contribution is -0.142. The van der Waals surface area contributed by atoms with Gasteiger partial charge in [0.15, 0.2) is 0 Å². The molecule has 0 spiro atoms. The zero-order valence-corrected chi connectivity index (χ0v) is 14.5. The number of nitrogens with zero attached hydrogens (tertiary/aromatic N) is 2. The second-order valence-corrected chi connectivity index (χ2v) is 7.68. The van der Waals surface area contributed by atoms with Gasteiger partial charge in [0.05, 0.1) is 30.6 Å². The topological polar surface area (TPSA) is 125 Å². The second kappa shape index (κ2) is 6.98. The van der Waals surface area contributed by atoms with E-state index in [1.807, 2.05) is 0 Å². The number of aromatic nitrogens is 2. The number of aromatic amines is 1. The highest BCUT2D eigenvalue weighted by Gasteiger charge is 2.32. The average molecular weight is 368 g/mol. The van der Waals surface area contributed by atoms with Crippen LogP contribution in [0, 0.1) is 5.92 Å². The molecule has 0 saturated carbocycles. The number of ether oxygens (including phenoxy) is 1. The minimum Gasteiger partial charge on any atom is -0.497 e. The molecule has 0 unspecified atom stereocenters. The van der Waals surface area contributed by atoms with Gasteiger partial charge in [0.2, 0.25) is 0 Å². The molecule has 0 amide bonds. The Balaban J connectivity index is 1.68. The number of methoxy groups -OCH3 is 1. The Hall–Kier alpha value is -2.17. The summed E-state index contributed by atoms with van der Waals surface area (Å²) in [4.78, 5) is 18.5. The monoisotopic (exact) mass is 368 g/mol. The SMILES string of the molecule is COc1ccc2nc(CNS(=O)(=O)N3CCC[C@@H](C(=O)O)C3)[nH]c2c1. The summed E-state index contributed by atoms with van der Waals surface area (Å²) in [7, 11) is -2.20. The summed E-state index contributed by atoms with van der Waals surface area (Å²) in [5.74, 6) is -0.481. The minimum absolute atomic E-state index is 0.00638. The molecule has 0 aliphatic carbocycles. The van der Waals surface area contributed by atoms with E-state index in [2.05, 4.69) is 14.7 Å². The first-order valence-electron chi connectivity index (χ1n) is 7.89. The van der Waals surface area contributed by atoms with Gasteiger partial charge in [-0.2, -0.15) is 17.4 Å². The van der Waals surface area contributed by atoms with Crippen molar-refractivity contribution in [3.05, 3.63) is 24.0 Å². The van der Waals surface area contributed by atoms with Gasteiger partial charge in [-0.15, -0.1) is 0 Å². The lowest BCUT2D eigenvalue weighted by Gasteiger charge is -2.29. The molecule has 0 bridgehead atoms. The maximum absolute atomic E-state index is 12.4. The number of fused-ring (bicyclic) bond motifs is 1. The molecule has 2 heterocycles. The average Bonchev–Trinajstić information content (AvgIpc) is 3.02. The zero-order valence-electron chi connectivity index (χ0n) is 13.7. The smallest absolute Gasteiger partial charge is 0.307 e. The van der Waals surface area contributed by atoms with Crippen LogP contribution in [0.3, 0.4) is 0 Å². The third-order valence-electron chi connectivity index (χ3n) is 4.23. The molecule has 1 aromatic heterocycles. The van der Waals surface area contributed by atoms with Crippen LogP contribution in [0.25, 0.3) is 11.0 Å². The Labute approximate surface area is 145 Å². The van der Waals surface area contributed by atoms with Crippen molar-refractivity contribution >= 4 is 27.2 Å². The van der Waals surface area contributed by atoms with E-state index in [4.69, 9.17) is 9.84 Å². The van der Waals surface area contributed by atoms with Crippen LogP contribution in [-0.2, 0) is 21.5 Å². The molecular formula is C15H20N4O5S. The van der Waals surface area contributed by atoms with Crippen LogP contribution in [0.15, 0.2) is 18.2 Å². The number of imidazole rings is 1. The number of hydrogen-bond donors (Lipinski definition) is 3. The van der Waals surface area contributed by atoms with E-state index in [0.29, 0.717) is 36.5 Å². The number of benzene rings is 1. The normalized spacial score (nSPS) is 19.2. The number of carbonyl (C=O) groups is 1. The summed E-state index contributed by atoms with van der Waals surface area (Å²) >= 11 is 0. The Morgan fingerprint density at radius 3 is 3.04 bits per heavy atom. The van der Waals surface area contributed by atoms with Crippen molar-refractivity contribution in [2.45, 2.75) is 19.4 Å². The molecule has 1 aliphatic heterocycles. The second-order valence-electron chi connectivity index (χ2n) is 5.93. The summed E-state index contributed by atoms with van der Waals surface area (Å²) in [5, 5.41) is 9.09. The van der Waals surface area contributed by atoms with E-state index in [1.165, 1.54) is 4.31 Å². The van der Waals surface area contributed by atoms with Crippen LogP contribution in [0.4, 0.5) is 0 Å². The van der Waals surface area contributed by atoms with E-state index < -0.39 is 22.1 Å². The summed E-state index contributed by atoms with van der Waals surface area (Å²) < 4.78 is 33.6. The molecular weight excluding hydrogens is 348 g/mol. The molecule has 1 atom stereocenters. The molecule has 0 radical (unpaired) electrons. The number of piperidine rings is 1. The fourth-order valence-corrected chi connectivity index (χ4v) is 4.11. The third kappa shape index (κ3) is 3.91. The third-order valence-corrected chi connectivity index (χ3v) is 5.75. The van der Waals surface area contributed by atoms with Gasteiger partial charge in [-0.1, -0.05) is 0 Å². The van der Waals surface area contributed by atoms with E-state index in [1.54, 1.807) is 25.3 Å². The Morgan fingerprint density at radius 2 is 2.32 bits per heavy atom. The van der Waals surface area contributed by atoms with Crippen LogP contribution in [-0.4, -0.2) is 54.0 Å². The number of nitrogens with one attached hydrogen (secondary N) is 2. The molecule has 1 saturated heterocycles. The van der Waals surface area contributed by atoms with E-state index in [-0.39, 0.29) is 13.1 Å². The highest BCUT2D eigenvalue weighted by atomic mass is 32.2. The van der Waals surface area contributed by atoms with Crippen LogP contribution in [0.2, 0.25) is 0 Å². The van der Waals surface area contributed by atoms with E-state index in [9.17, 15) is 13.2 Å². The van der Waals surface area contributed by atoms with Gasteiger partial charge in [-0.25, -0.2) is 4.98 Å². The lowest BCUT2D eigenvalue weighted by atomic mass is 10.0. The van der Waals surface area contributed by atoms with Gasteiger partial charge in [0, 0.05) is 19.2 Å². The number of carboxylic acids is 1. The van der Waals surface area contributed by atoms with E-state index >= 15 is 0 Å². The minimum atomic E-state index is -3.76. The van der Waals surface area contributed by atoms with Crippen molar-refractivity contribution in [1.82, 2.24) is 19.0 Å².